The van der Waals surface area contributed by atoms with E-state index >= 15 is 0 Å². The molecule has 0 radical (unpaired) electrons. The maximum absolute atomic E-state index is 5.91. The van der Waals surface area contributed by atoms with Crippen molar-refractivity contribution in [3.05, 3.63) is 59.9 Å². The van der Waals surface area contributed by atoms with Gasteiger partial charge in [-0.25, -0.2) is 4.98 Å². The summed E-state index contributed by atoms with van der Waals surface area (Å²) in [6.07, 6.45) is 4.84. The first-order valence-electron chi connectivity index (χ1n) is 8.50. The molecule has 0 bridgehead atoms. The highest BCUT2D eigenvalue weighted by Gasteiger charge is 2.45. The van der Waals surface area contributed by atoms with Crippen molar-refractivity contribution in [1.29, 1.82) is 0 Å². The Hall–Kier alpha value is -2.35. The Kier molecular flexibility index (Phi) is 5.70. The third kappa shape index (κ3) is 3.84. The summed E-state index contributed by atoms with van der Waals surface area (Å²) in [5.74, 6) is 6.76. The Bertz CT molecular complexity index is 750. The minimum atomic E-state index is -0.395. The molecule has 1 fully saturated rings. The van der Waals surface area contributed by atoms with Crippen LogP contribution in [0.25, 0.3) is 0 Å². The number of methoxy groups -OCH3 is 2. The first kappa shape index (κ1) is 17.5. The molecule has 0 N–H and O–H groups in total. The first-order valence-corrected chi connectivity index (χ1v) is 8.50. The van der Waals surface area contributed by atoms with Gasteiger partial charge in [0.15, 0.2) is 0 Å². The zero-order valence-corrected chi connectivity index (χ0v) is 14.7. The highest BCUT2D eigenvalue weighted by Crippen LogP contribution is 2.44. The molecule has 1 aromatic carbocycles. The van der Waals surface area contributed by atoms with Gasteiger partial charge in [-0.15, -0.1) is 0 Å². The summed E-state index contributed by atoms with van der Waals surface area (Å²) in [5, 5.41) is 0. The number of hydrogen-bond acceptors (Lipinski definition) is 4. The molecule has 3 rings (SSSR count). The van der Waals surface area contributed by atoms with E-state index in [-0.39, 0.29) is 6.10 Å². The molecule has 2 atom stereocenters. The normalized spacial score (nSPS) is 22.2. The fourth-order valence-corrected chi connectivity index (χ4v) is 3.47. The number of pyridine rings is 1. The Labute approximate surface area is 149 Å². The van der Waals surface area contributed by atoms with Crippen molar-refractivity contribution in [2.75, 3.05) is 20.8 Å². The van der Waals surface area contributed by atoms with Gasteiger partial charge in [0.1, 0.15) is 23.7 Å². The van der Waals surface area contributed by atoms with E-state index in [1.54, 1.807) is 20.4 Å². The van der Waals surface area contributed by atoms with Gasteiger partial charge in [-0.05, 0) is 55.0 Å². The van der Waals surface area contributed by atoms with Crippen molar-refractivity contribution >= 4 is 0 Å². The number of benzene rings is 1. The van der Waals surface area contributed by atoms with Crippen LogP contribution in [0.1, 0.15) is 30.5 Å². The van der Waals surface area contributed by atoms with E-state index in [1.807, 2.05) is 36.4 Å². The van der Waals surface area contributed by atoms with E-state index in [2.05, 4.69) is 22.9 Å². The molecule has 4 nitrogen and oxygen atoms in total. The number of hydrogen-bond donors (Lipinski definition) is 0. The average Bonchev–Trinajstić information content (AvgIpc) is 3.10. The molecule has 2 unspecified atom stereocenters. The van der Waals surface area contributed by atoms with Crippen LogP contribution in [-0.4, -0.2) is 31.9 Å². The summed E-state index contributed by atoms with van der Waals surface area (Å²) in [6.45, 7) is 0.313. The third-order valence-electron chi connectivity index (χ3n) is 4.70. The van der Waals surface area contributed by atoms with E-state index in [4.69, 9.17) is 14.2 Å². The van der Waals surface area contributed by atoms with Crippen LogP contribution in [0, 0.1) is 11.8 Å². The minimum Gasteiger partial charge on any atom is -0.481 e. The topological polar surface area (TPSA) is 40.6 Å². The molecule has 4 heteroatoms. The van der Waals surface area contributed by atoms with Crippen molar-refractivity contribution in [2.45, 2.75) is 31.0 Å². The predicted octanol–water partition coefficient (Wildman–Crippen LogP) is 3.55. The smallest absolute Gasteiger partial charge is 0.149 e. The van der Waals surface area contributed by atoms with Crippen LogP contribution in [0.4, 0.5) is 0 Å². The number of rotatable bonds is 5. The van der Waals surface area contributed by atoms with Gasteiger partial charge in [0.25, 0.3) is 0 Å². The van der Waals surface area contributed by atoms with Gasteiger partial charge in [-0.2, -0.15) is 0 Å². The molecule has 130 valence electrons. The van der Waals surface area contributed by atoms with Crippen LogP contribution in [0.2, 0.25) is 0 Å². The van der Waals surface area contributed by atoms with Gasteiger partial charge in [0.2, 0.25) is 0 Å². The summed E-state index contributed by atoms with van der Waals surface area (Å²) in [6, 6.07) is 13.7. The zero-order valence-electron chi connectivity index (χ0n) is 14.7. The molecule has 0 amide bonds. The Morgan fingerprint density at radius 2 is 2.12 bits per heavy atom. The Morgan fingerprint density at radius 1 is 1.20 bits per heavy atom. The summed E-state index contributed by atoms with van der Waals surface area (Å²) in [4.78, 5) is 4.17. The molecular formula is C21H23NO3. The monoisotopic (exact) mass is 337 g/mol. The lowest BCUT2D eigenvalue weighted by Crippen LogP contribution is -2.37. The fraction of sp³-hybridized carbons (Fsp3) is 0.381. The fourth-order valence-electron chi connectivity index (χ4n) is 3.47. The molecule has 1 aromatic heterocycles. The molecule has 1 aliphatic rings. The Morgan fingerprint density at radius 3 is 2.88 bits per heavy atom. The van der Waals surface area contributed by atoms with Gasteiger partial charge >= 0.3 is 0 Å². The van der Waals surface area contributed by atoms with Crippen LogP contribution in [0.15, 0.2) is 48.7 Å². The van der Waals surface area contributed by atoms with Crippen LogP contribution in [0.3, 0.4) is 0 Å². The largest absolute Gasteiger partial charge is 0.481 e. The summed E-state index contributed by atoms with van der Waals surface area (Å²) in [5.41, 5.74) is 1.44. The molecule has 0 spiro atoms. The number of aromatic nitrogens is 1. The van der Waals surface area contributed by atoms with E-state index in [0.29, 0.717) is 6.61 Å². The average molecular weight is 337 g/mol. The van der Waals surface area contributed by atoms with Crippen molar-refractivity contribution in [3.8, 4) is 17.6 Å². The first-order chi connectivity index (χ1) is 12.3. The van der Waals surface area contributed by atoms with Gasteiger partial charge in [-0.1, -0.05) is 24.1 Å². The standard InChI is InChI=1S/C21H23NO3/c1-23-20-12-6-13-21(20,24-2)17-8-5-11-19(16-17)25-15-7-10-18-9-3-4-14-22-18/h3-5,8-9,11,14,16,20H,6,12-13,15H2,1-2H3. The molecule has 1 aliphatic carbocycles. The van der Waals surface area contributed by atoms with Crippen LogP contribution in [0.5, 0.6) is 5.75 Å². The van der Waals surface area contributed by atoms with Gasteiger partial charge in [-0.3, -0.25) is 0 Å². The van der Waals surface area contributed by atoms with Crippen LogP contribution >= 0.6 is 0 Å². The summed E-state index contributed by atoms with van der Waals surface area (Å²) >= 11 is 0. The number of ether oxygens (including phenoxy) is 3. The summed E-state index contributed by atoms with van der Waals surface area (Å²) in [7, 11) is 3.50. The van der Waals surface area contributed by atoms with Crippen molar-refractivity contribution < 1.29 is 14.2 Å². The highest BCUT2D eigenvalue weighted by atomic mass is 16.5. The maximum atomic E-state index is 5.91. The van der Waals surface area contributed by atoms with E-state index in [9.17, 15) is 0 Å². The van der Waals surface area contributed by atoms with Gasteiger partial charge < -0.3 is 14.2 Å². The second-order valence-electron chi connectivity index (χ2n) is 6.04. The maximum Gasteiger partial charge on any atom is 0.149 e. The molecule has 2 aromatic rings. The van der Waals surface area contributed by atoms with Gasteiger partial charge in [0.05, 0.1) is 6.10 Å². The predicted molar refractivity (Wildman–Crippen MR) is 96.4 cm³/mol. The molecule has 25 heavy (non-hydrogen) atoms. The lowest BCUT2D eigenvalue weighted by molar-refractivity contribution is -0.104. The van der Waals surface area contributed by atoms with Crippen LogP contribution < -0.4 is 4.74 Å². The SMILES string of the molecule is COC1CCCC1(OC)c1cccc(OCC#Cc2ccccn2)c1. The lowest BCUT2D eigenvalue weighted by atomic mass is 9.89. The molecule has 0 saturated heterocycles. The molecule has 1 heterocycles. The molecule has 0 aliphatic heterocycles. The lowest BCUT2D eigenvalue weighted by Gasteiger charge is -2.34. The van der Waals surface area contributed by atoms with E-state index in [0.717, 1.165) is 36.3 Å². The minimum absolute atomic E-state index is 0.0664. The van der Waals surface area contributed by atoms with Gasteiger partial charge in [0, 0.05) is 20.4 Å². The molecule has 1 saturated carbocycles. The third-order valence-corrected chi connectivity index (χ3v) is 4.70. The quantitative estimate of drug-likeness (QED) is 0.782. The van der Waals surface area contributed by atoms with Crippen molar-refractivity contribution in [1.82, 2.24) is 4.98 Å². The second kappa shape index (κ2) is 8.15. The van der Waals surface area contributed by atoms with E-state index in [1.165, 1.54) is 0 Å². The van der Waals surface area contributed by atoms with Crippen molar-refractivity contribution in [2.24, 2.45) is 0 Å². The van der Waals surface area contributed by atoms with Crippen molar-refractivity contribution in [3.63, 3.8) is 0 Å². The van der Waals surface area contributed by atoms with E-state index < -0.39 is 5.60 Å². The zero-order chi connectivity index (χ0) is 17.5. The second-order valence-corrected chi connectivity index (χ2v) is 6.04. The highest BCUT2D eigenvalue weighted by molar-refractivity contribution is 5.35. The molecular weight excluding hydrogens is 314 g/mol. The van der Waals surface area contributed by atoms with Crippen LogP contribution in [-0.2, 0) is 15.1 Å². The number of nitrogens with zero attached hydrogens (tertiary/aromatic N) is 1. The summed E-state index contributed by atoms with van der Waals surface area (Å²) < 4.78 is 17.4. The Balaban J connectivity index is 1.70.